The molecular formula is C11H8ClF3N4O2. The van der Waals surface area contributed by atoms with Crippen molar-refractivity contribution >= 4 is 28.7 Å². The maximum absolute atomic E-state index is 12.2. The molecule has 6 nitrogen and oxygen atoms in total. The Morgan fingerprint density at radius 3 is 2.76 bits per heavy atom. The molecule has 1 aromatic carbocycles. The summed E-state index contributed by atoms with van der Waals surface area (Å²) >= 11 is 5.75. The normalized spacial score (nSPS) is 11.4. The molecule has 2 rings (SSSR count). The number of nitro groups is 1. The predicted molar refractivity (Wildman–Crippen MR) is 69.7 cm³/mol. The van der Waals surface area contributed by atoms with Gasteiger partial charge in [0.1, 0.15) is 12.2 Å². The van der Waals surface area contributed by atoms with E-state index >= 15 is 0 Å². The first kappa shape index (κ1) is 15.1. The van der Waals surface area contributed by atoms with Crippen LogP contribution < -0.4 is 5.32 Å². The van der Waals surface area contributed by atoms with Crippen LogP contribution in [0.25, 0.3) is 0 Å². The van der Waals surface area contributed by atoms with Gasteiger partial charge in [0.05, 0.1) is 16.8 Å². The van der Waals surface area contributed by atoms with E-state index in [0.29, 0.717) is 4.68 Å². The molecule has 1 heterocycles. The van der Waals surface area contributed by atoms with Gasteiger partial charge in [-0.1, -0.05) is 11.6 Å². The lowest BCUT2D eigenvalue weighted by molar-refractivity contribution is -0.383. The van der Waals surface area contributed by atoms with E-state index in [1.165, 1.54) is 18.2 Å². The van der Waals surface area contributed by atoms with Crippen molar-refractivity contribution in [3.05, 3.63) is 45.7 Å². The van der Waals surface area contributed by atoms with Crippen LogP contribution in [-0.4, -0.2) is 20.9 Å². The van der Waals surface area contributed by atoms with Crippen molar-refractivity contribution < 1.29 is 18.1 Å². The fourth-order valence-corrected chi connectivity index (χ4v) is 1.79. The molecule has 0 aliphatic carbocycles. The van der Waals surface area contributed by atoms with Crippen molar-refractivity contribution in [1.29, 1.82) is 0 Å². The summed E-state index contributed by atoms with van der Waals surface area (Å²) in [7, 11) is 0. The molecule has 0 atom stereocenters. The third kappa shape index (κ3) is 4.09. The van der Waals surface area contributed by atoms with Gasteiger partial charge in [-0.05, 0) is 12.1 Å². The summed E-state index contributed by atoms with van der Waals surface area (Å²) in [5, 5.41) is 17.3. The lowest BCUT2D eigenvalue weighted by Gasteiger charge is -2.06. The SMILES string of the molecule is O=[N+]([O-])c1ccc(Cl)cc1Nc1cnn(CC(F)(F)F)c1. The van der Waals surface area contributed by atoms with Crippen LogP contribution in [0.2, 0.25) is 5.02 Å². The van der Waals surface area contributed by atoms with Crippen LogP contribution in [0.15, 0.2) is 30.6 Å². The zero-order chi connectivity index (χ0) is 15.6. The molecule has 0 fully saturated rings. The second-order valence-corrected chi connectivity index (χ2v) is 4.52. The van der Waals surface area contributed by atoms with Crippen LogP contribution in [0.3, 0.4) is 0 Å². The van der Waals surface area contributed by atoms with Gasteiger partial charge in [0.25, 0.3) is 5.69 Å². The Morgan fingerprint density at radius 1 is 1.43 bits per heavy atom. The standard InChI is InChI=1S/C11H8ClF3N4O2/c12-7-1-2-10(19(20)21)9(3-7)17-8-4-16-18(5-8)6-11(13,14)15/h1-5,17H,6H2. The van der Waals surface area contributed by atoms with E-state index in [0.717, 1.165) is 12.4 Å². The van der Waals surface area contributed by atoms with Gasteiger partial charge in [-0.15, -0.1) is 0 Å². The Hall–Kier alpha value is -2.29. The summed E-state index contributed by atoms with van der Waals surface area (Å²) in [6, 6.07) is 3.85. The second kappa shape index (κ2) is 5.60. The molecule has 1 aromatic heterocycles. The Kier molecular flexibility index (Phi) is 4.03. The number of nitrogens with one attached hydrogen (secondary N) is 1. The minimum absolute atomic E-state index is 0.0686. The largest absolute Gasteiger partial charge is 0.408 e. The monoisotopic (exact) mass is 320 g/mol. The molecule has 0 aliphatic rings. The highest BCUT2D eigenvalue weighted by Gasteiger charge is 2.28. The third-order valence-corrected chi connectivity index (χ3v) is 2.64. The molecule has 0 spiro atoms. The molecule has 0 radical (unpaired) electrons. The first-order valence-corrected chi connectivity index (χ1v) is 5.92. The maximum Gasteiger partial charge on any atom is 0.408 e. The molecule has 10 heteroatoms. The molecule has 0 saturated carbocycles. The first-order chi connectivity index (χ1) is 9.74. The average Bonchev–Trinajstić information content (AvgIpc) is 2.73. The molecule has 0 amide bonds. The topological polar surface area (TPSA) is 73.0 Å². The Bertz CT molecular complexity index is 672. The smallest absolute Gasteiger partial charge is 0.347 e. The van der Waals surface area contributed by atoms with Gasteiger partial charge in [-0.25, -0.2) is 0 Å². The van der Waals surface area contributed by atoms with Crippen molar-refractivity contribution in [3.63, 3.8) is 0 Å². The van der Waals surface area contributed by atoms with Gasteiger partial charge in [0, 0.05) is 17.3 Å². The molecule has 21 heavy (non-hydrogen) atoms. The number of nitro benzene ring substituents is 1. The van der Waals surface area contributed by atoms with Crippen molar-refractivity contribution in [3.8, 4) is 0 Å². The van der Waals surface area contributed by atoms with Crippen molar-refractivity contribution in [2.24, 2.45) is 0 Å². The fourth-order valence-electron chi connectivity index (χ4n) is 1.62. The number of benzene rings is 1. The van der Waals surface area contributed by atoms with E-state index in [2.05, 4.69) is 10.4 Å². The third-order valence-electron chi connectivity index (χ3n) is 2.41. The number of hydrogen-bond donors (Lipinski definition) is 1. The Morgan fingerprint density at radius 2 is 2.14 bits per heavy atom. The summed E-state index contributed by atoms with van der Waals surface area (Å²) in [5.41, 5.74) is 0.00615. The second-order valence-electron chi connectivity index (χ2n) is 4.09. The lowest BCUT2D eigenvalue weighted by Crippen LogP contribution is -2.17. The number of nitrogens with zero attached hydrogens (tertiary/aromatic N) is 3. The molecule has 0 bridgehead atoms. The molecule has 112 valence electrons. The maximum atomic E-state index is 12.2. The quantitative estimate of drug-likeness (QED) is 0.688. The van der Waals surface area contributed by atoms with Gasteiger partial charge in [0.15, 0.2) is 0 Å². The number of halogens is 4. The van der Waals surface area contributed by atoms with E-state index < -0.39 is 17.6 Å². The van der Waals surface area contributed by atoms with Crippen LogP contribution in [0, 0.1) is 10.1 Å². The van der Waals surface area contributed by atoms with Crippen molar-refractivity contribution in [1.82, 2.24) is 9.78 Å². The molecule has 1 N–H and O–H groups in total. The van der Waals surface area contributed by atoms with E-state index in [1.807, 2.05) is 0 Å². The number of alkyl halides is 3. The predicted octanol–water partition coefficient (Wildman–Crippen LogP) is 3.75. The zero-order valence-corrected chi connectivity index (χ0v) is 11.0. The Balaban J connectivity index is 2.23. The summed E-state index contributed by atoms with van der Waals surface area (Å²) in [6.45, 7) is -1.24. The lowest BCUT2D eigenvalue weighted by atomic mass is 10.2. The van der Waals surface area contributed by atoms with Gasteiger partial charge in [0.2, 0.25) is 0 Å². The number of aromatic nitrogens is 2. The molecular weight excluding hydrogens is 313 g/mol. The van der Waals surface area contributed by atoms with Crippen LogP contribution in [0.1, 0.15) is 0 Å². The van der Waals surface area contributed by atoms with Crippen LogP contribution in [-0.2, 0) is 6.54 Å². The first-order valence-electron chi connectivity index (χ1n) is 5.55. The number of rotatable bonds is 4. The van der Waals surface area contributed by atoms with Gasteiger partial charge >= 0.3 is 6.18 Å². The molecule has 0 saturated heterocycles. The zero-order valence-electron chi connectivity index (χ0n) is 10.3. The van der Waals surface area contributed by atoms with E-state index in [1.54, 1.807) is 0 Å². The summed E-state index contributed by atoms with van der Waals surface area (Å²) in [4.78, 5) is 10.2. The average molecular weight is 321 g/mol. The highest BCUT2D eigenvalue weighted by molar-refractivity contribution is 6.31. The van der Waals surface area contributed by atoms with E-state index in [-0.39, 0.29) is 22.1 Å². The summed E-state index contributed by atoms with van der Waals surface area (Å²) < 4.78 is 37.3. The van der Waals surface area contributed by atoms with Crippen molar-refractivity contribution in [2.75, 3.05) is 5.32 Å². The number of anilines is 2. The van der Waals surface area contributed by atoms with Gasteiger partial charge in [-0.2, -0.15) is 18.3 Å². The highest BCUT2D eigenvalue weighted by Crippen LogP contribution is 2.30. The Labute approximate surface area is 121 Å². The summed E-state index contributed by atoms with van der Waals surface area (Å²) in [6.07, 6.45) is -2.17. The van der Waals surface area contributed by atoms with Crippen molar-refractivity contribution in [2.45, 2.75) is 12.7 Å². The summed E-state index contributed by atoms with van der Waals surface area (Å²) in [5.74, 6) is 0. The molecule has 0 aliphatic heterocycles. The number of hydrogen-bond acceptors (Lipinski definition) is 4. The minimum Gasteiger partial charge on any atom is -0.347 e. The molecule has 2 aromatic rings. The molecule has 0 unspecified atom stereocenters. The van der Waals surface area contributed by atoms with Crippen LogP contribution in [0.5, 0.6) is 0 Å². The minimum atomic E-state index is -4.40. The highest BCUT2D eigenvalue weighted by atomic mass is 35.5. The van der Waals surface area contributed by atoms with Gasteiger partial charge < -0.3 is 5.32 Å². The van der Waals surface area contributed by atoms with Gasteiger partial charge in [-0.3, -0.25) is 14.8 Å². The van der Waals surface area contributed by atoms with E-state index in [4.69, 9.17) is 11.6 Å². The van der Waals surface area contributed by atoms with Crippen LogP contribution in [0.4, 0.5) is 30.2 Å². The van der Waals surface area contributed by atoms with Crippen LogP contribution >= 0.6 is 11.6 Å². The van der Waals surface area contributed by atoms with E-state index in [9.17, 15) is 23.3 Å². The fraction of sp³-hybridized carbons (Fsp3) is 0.182.